The van der Waals surface area contributed by atoms with Gasteiger partial charge in [-0.3, -0.25) is 4.99 Å². The third kappa shape index (κ3) is 7.46. The average Bonchev–Trinajstić information content (AvgIpc) is 3.17. The summed E-state index contributed by atoms with van der Waals surface area (Å²) < 4.78 is 0. The second kappa shape index (κ2) is 15.9. The summed E-state index contributed by atoms with van der Waals surface area (Å²) in [4.78, 5) is 5.67. The van der Waals surface area contributed by atoms with Crippen LogP contribution >= 0.6 is 0 Å². The van der Waals surface area contributed by atoms with Crippen molar-refractivity contribution in [1.82, 2.24) is 0 Å². The zero-order chi connectivity index (χ0) is 32.3. The van der Waals surface area contributed by atoms with Crippen LogP contribution in [0.2, 0.25) is 0 Å². The zero-order valence-electron chi connectivity index (χ0n) is 30.5. The first-order valence-electron chi connectivity index (χ1n) is 21.7. The Balaban J connectivity index is 1.01. The summed E-state index contributed by atoms with van der Waals surface area (Å²) in [5.41, 5.74) is 8.93. The van der Waals surface area contributed by atoms with E-state index in [2.05, 4.69) is 48.7 Å². The van der Waals surface area contributed by atoms with Crippen molar-refractivity contribution in [2.45, 2.75) is 160 Å². The minimum absolute atomic E-state index is 0.307. The quantitative estimate of drug-likeness (QED) is 0.206. The fourth-order valence-corrected chi connectivity index (χ4v) is 13.5. The molecule has 0 radical (unpaired) electrons. The number of aliphatic imine (C=N–C) groups is 1. The molecule has 2 N–H and O–H groups in total. The van der Waals surface area contributed by atoms with Gasteiger partial charge in [0.1, 0.15) is 0 Å². The second-order valence-electron chi connectivity index (χ2n) is 18.6. The Hall–Kier alpha value is -1.41. The van der Waals surface area contributed by atoms with Crippen LogP contribution in [0, 0.1) is 71.0 Å². The highest BCUT2D eigenvalue weighted by molar-refractivity contribution is 5.61. The molecular formula is C46H70N2. The molecule has 12 unspecified atom stereocenters. The van der Waals surface area contributed by atoms with E-state index in [0.717, 1.165) is 65.6 Å². The van der Waals surface area contributed by atoms with Gasteiger partial charge in [-0.1, -0.05) is 99.5 Å². The summed E-state index contributed by atoms with van der Waals surface area (Å²) >= 11 is 0. The number of hydrogen-bond acceptors (Lipinski definition) is 2. The van der Waals surface area contributed by atoms with Crippen LogP contribution in [0.4, 0.5) is 0 Å². The molecule has 264 valence electrons. The first-order chi connectivity index (χ1) is 23.7. The number of allylic oxidation sites excluding steroid dienone is 8. The molecule has 0 aliphatic heterocycles. The highest BCUT2D eigenvalue weighted by Gasteiger charge is 2.50. The summed E-state index contributed by atoms with van der Waals surface area (Å²) in [5, 5.41) is 0. The van der Waals surface area contributed by atoms with Crippen LogP contribution in [-0.2, 0) is 0 Å². The van der Waals surface area contributed by atoms with Crippen LogP contribution in [-0.4, -0.2) is 18.3 Å². The summed E-state index contributed by atoms with van der Waals surface area (Å²) in [5.74, 6) is 10.1. The van der Waals surface area contributed by atoms with Crippen molar-refractivity contribution >= 4 is 6.21 Å². The number of nitrogens with two attached hydrogens (primary N) is 1. The van der Waals surface area contributed by atoms with E-state index < -0.39 is 0 Å². The molecule has 0 amide bonds. The van der Waals surface area contributed by atoms with Gasteiger partial charge in [0.2, 0.25) is 0 Å². The minimum Gasteiger partial charge on any atom is -0.327 e. The minimum atomic E-state index is 0.307. The molecule has 0 heterocycles. The molecule has 0 bridgehead atoms. The van der Waals surface area contributed by atoms with Crippen molar-refractivity contribution < 1.29 is 0 Å². The van der Waals surface area contributed by atoms with Crippen LogP contribution in [0.25, 0.3) is 0 Å². The number of rotatable bonds is 8. The van der Waals surface area contributed by atoms with Gasteiger partial charge in [0.05, 0.1) is 6.04 Å². The first-order valence-corrected chi connectivity index (χ1v) is 21.7. The molecule has 4 fully saturated rings. The van der Waals surface area contributed by atoms with Gasteiger partial charge in [-0.05, 0) is 167 Å². The molecule has 8 rings (SSSR count). The van der Waals surface area contributed by atoms with Crippen molar-refractivity contribution in [3.05, 3.63) is 48.1 Å². The van der Waals surface area contributed by atoms with Gasteiger partial charge in [-0.2, -0.15) is 0 Å². The highest BCUT2D eigenvalue weighted by Crippen LogP contribution is 2.58. The molecule has 12 atom stereocenters. The van der Waals surface area contributed by atoms with E-state index >= 15 is 0 Å². The largest absolute Gasteiger partial charge is 0.327 e. The van der Waals surface area contributed by atoms with Crippen LogP contribution < -0.4 is 5.73 Å². The topological polar surface area (TPSA) is 38.4 Å². The molecular weight excluding hydrogens is 581 g/mol. The van der Waals surface area contributed by atoms with Gasteiger partial charge >= 0.3 is 0 Å². The predicted molar refractivity (Wildman–Crippen MR) is 204 cm³/mol. The third-order valence-electron chi connectivity index (χ3n) is 16.0. The highest BCUT2D eigenvalue weighted by atomic mass is 14.8. The Bertz CT molecular complexity index is 1190. The van der Waals surface area contributed by atoms with E-state index in [1.54, 1.807) is 0 Å². The zero-order valence-corrected chi connectivity index (χ0v) is 30.5. The monoisotopic (exact) mass is 651 g/mol. The van der Waals surface area contributed by atoms with Crippen LogP contribution in [0.1, 0.15) is 148 Å². The Kier molecular flexibility index (Phi) is 11.1. The Morgan fingerprint density at radius 2 is 1.35 bits per heavy atom. The lowest BCUT2D eigenvalue weighted by Crippen LogP contribution is -2.48. The van der Waals surface area contributed by atoms with Crippen molar-refractivity contribution in [3.63, 3.8) is 0 Å². The lowest BCUT2D eigenvalue weighted by Gasteiger charge is -2.55. The third-order valence-corrected chi connectivity index (χ3v) is 16.0. The van der Waals surface area contributed by atoms with E-state index in [-0.39, 0.29) is 0 Å². The van der Waals surface area contributed by atoms with E-state index in [1.165, 1.54) is 141 Å². The normalized spacial score (nSPS) is 42.1. The molecule has 8 aliphatic rings. The van der Waals surface area contributed by atoms with Gasteiger partial charge in [-0.15, -0.1) is 0 Å². The molecule has 0 aromatic carbocycles. The molecule has 2 nitrogen and oxygen atoms in total. The van der Waals surface area contributed by atoms with E-state index in [4.69, 9.17) is 10.7 Å². The summed E-state index contributed by atoms with van der Waals surface area (Å²) in [6.07, 6.45) is 52.4. The van der Waals surface area contributed by atoms with Crippen molar-refractivity contribution in [2.24, 2.45) is 81.7 Å². The second-order valence-corrected chi connectivity index (χ2v) is 18.6. The number of fused-ring (bicyclic) bond motifs is 6. The number of hydrogen-bond donors (Lipinski definition) is 1. The van der Waals surface area contributed by atoms with E-state index in [1.807, 2.05) is 5.57 Å². The molecule has 0 aromatic rings. The maximum atomic E-state index is 7.02. The molecule has 48 heavy (non-hydrogen) atoms. The van der Waals surface area contributed by atoms with Crippen LogP contribution in [0.5, 0.6) is 0 Å². The van der Waals surface area contributed by atoms with Crippen molar-refractivity contribution in [1.29, 1.82) is 0 Å². The Morgan fingerprint density at radius 1 is 0.646 bits per heavy atom. The molecule has 8 aliphatic carbocycles. The average molecular weight is 651 g/mol. The van der Waals surface area contributed by atoms with Gasteiger partial charge in [0, 0.05) is 12.3 Å². The predicted octanol–water partition coefficient (Wildman–Crippen LogP) is 11.8. The van der Waals surface area contributed by atoms with Gasteiger partial charge in [0.25, 0.3) is 0 Å². The van der Waals surface area contributed by atoms with Crippen LogP contribution in [0.3, 0.4) is 0 Å². The lowest BCUT2D eigenvalue weighted by molar-refractivity contribution is -0.00160. The maximum absolute atomic E-state index is 7.02. The van der Waals surface area contributed by atoms with E-state index in [0.29, 0.717) is 23.9 Å². The Labute approximate surface area is 295 Å². The smallest absolute Gasteiger partial charge is 0.0538 e. The lowest BCUT2D eigenvalue weighted by atomic mass is 9.50. The van der Waals surface area contributed by atoms with Gasteiger partial charge < -0.3 is 5.73 Å². The van der Waals surface area contributed by atoms with Gasteiger partial charge in [0.15, 0.2) is 0 Å². The summed E-state index contributed by atoms with van der Waals surface area (Å²) in [7, 11) is 0. The first kappa shape index (κ1) is 33.7. The van der Waals surface area contributed by atoms with E-state index in [9.17, 15) is 0 Å². The SMILES string of the molecule is NC(CC(N=CC1CC(C2=CCC3C4CCC=CC4C4C=CCCC4C3C2)CC(C2CCCCC2)C1)C1CCCCC1)C1CC=CCC1. The molecule has 0 aromatic heterocycles. The molecule has 4 saturated carbocycles. The standard InChI is InChI=1S/C46H70N2/c47-45(34-16-6-2-7-17-34)30-46(35-18-8-3-9-19-35)48-31-32-26-37(33-14-4-1-5-15-33)28-38(27-32)36-24-25-43-41-22-11-10-20-39(41)40-21-12-13-23-42(40)44(43)29-36/h2,6,10,12,20-21,24,31-35,37-46H,1,3-5,7-9,11,13-19,22-23,25-30,47H2. The molecule has 0 spiro atoms. The maximum Gasteiger partial charge on any atom is 0.0538 e. The van der Waals surface area contributed by atoms with Crippen molar-refractivity contribution in [3.8, 4) is 0 Å². The molecule has 2 heteroatoms. The fraction of sp³-hybridized carbons (Fsp3) is 0.804. The van der Waals surface area contributed by atoms with Gasteiger partial charge in [-0.25, -0.2) is 0 Å². The fourth-order valence-electron chi connectivity index (χ4n) is 13.5. The summed E-state index contributed by atoms with van der Waals surface area (Å²) in [6.45, 7) is 0. The Morgan fingerprint density at radius 3 is 2.08 bits per heavy atom. The molecule has 0 saturated heterocycles. The van der Waals surface area contributed by atoms with Crippen LogP contribution in [0.15, 0.2) is 53.1 Å². The van der Waals surface area contributed by atoms with Crippen molar-refractivity contribution in [2.75, 3.05) is 0 Å². The summed E-state index contributed by atoms with van der Waals surface area (Å²) in [6, 6.07) is 0.757. The number of nitrogens with zero attached hydrogens (tertiary/aromatic N) is 1.